The van der Waals surface area contributed by atoms with Crippen LogP contribution in [0.15, 0.2) is 88.0 Å². The van der Waals surface area contributed by atoms with Gasteiger partial charge in [0.05, 0.1) is 18.0 Å². The molecule has 0 bridgehead atoms. The Kier molecular flexibility index (Phi) is 8.07. The Hall–Kier alpha value is -3.62. The molecule has 1 aliphatic heterocycles. The molecule has 9 heteroatoms. The molecule has 0 radical (unpaired) electrons. The average molecular weight is 569 g/mol. The van der Waals surface area contributed by atoms with Gasteiger partial charge in [0.25, 0.3) is 17.7 Å². The molecule has 36 heavy (non-hydrogen) atoms. The topological polar surface area (TPSA) is 87.7 Å². The number of hydrogen-bond acceptors (Lipinski definition) is 5. The molecule has 1 aliphatic rings. The maximum absolute atomic E-state index is 13.0. The van der Waals surface area contributed by atoms with Gasteiger partial charge in [-0.05, 0) is 61.0 Å². The van der Waals surface area contributed by atoms with Crippen molar-refractivity contribution in [2.45, 2.75) is 19.8 Å². The van der Waals surface area contributed by atoms with Crippen molar-refractivity contribution in [3.05, 3.63) is 93.6 Å². The van der Waals surface area contributed by atoms with E-state index < -0.39 is 11.8 Å². The highest BCUT2D eigenvalue weighted by molar-refractivity contribution is 9.10. The number of nitrogens with one attached hydrogen (secondary N) is 2. The second kappa shape index (κ2) is 11.4. The molecular formula is C27H23BrClN3O4. The molecule has 0 aromatic heterocycles. The SMILES string of the molecule is CCCCOc1ccccc1NC(=O)c1cccc(NC2=C(Cl)C(=O)N(c3ccc(Br)cc3)C2=O)c1. The van der Waals surface area contributed by atoms with Crippen LogP contribution in [0.1, 0.15) is 30.1 Å². The van der Waals surface area contributed by atoms with Crippen LogP contribution in [-0.2, 0) is 9.59 Å². The van der Waals surface area contributed by atoms with Crippen LogP contribution >= 0.6 is 27.5 Å². The molecule has 4 rings (SSSR count). The molecule has 0 saturated carbocycles. The van der Waals surface area contributed by atoms with Crippen molar-refractivity contribution < 1.29 is 19.1 Å². The number of amides is 3. The van der Waals surface area contributed by atoms with Gasteiger partial charge < -0.3 is 15.4 Å². The molecule has 0 fully saturated rings. The lowest BCUT2D eigenvalue weighted by atomic mass is 10.1. The molecule has 0 unspecified atom stereocenters. The van der Waals surface area contributed by atoms with E-state index in [2.05, 4.69) is 33.5 Å². The molecule has 2 N–H and O–H groups in total. The van der Waals surface area contributed by atoms with Gasteiger partial charge in [0.15, 0.2) is 0 Å². The summed E-state index contributed by atoms with van der Waals surface area (Å²) >= 11 is 9.56. The minimum atomic E-state index is -0.625. The Bertz CT molecular complexity index is 1340. The smallest absolute Gasteiger partial charge is 0.283 e. The van der Waals surface area contributed by atoms with Gasteiger partial charge in [-0.3, -0.25) is 14.4 Å². The van der Waals surface area contributed by atoms with Gasteiger partial charge in [-0.2, -0.15) is 0 Å². The van der Waals surface area contributed by atoms with Gasteiger partial charge in [-0.25, -0.2) is 4.90 Å². The monoisotopic (exact) mass is 567 g/mol. The fraction of sp³-hybridized carbons (Fsp3) is 0.148. The van der Waals surface area contributed by atoms with Crippen molar-refractivity contribution in [3.63, 3.8) is 0 Å². The van der Waals surface area contributed by atoms with Crippen LogP contribution in [0, 0.1) is 0 Å². The summed E-state index contributed by atoms with van der Waals surface area (Å²) < 4.78 is 6.60. The van der Waals surface area contributed by atoms with Gasteiger partial charge in [0, 0.05) is 15.7 Å². The highest BCUT2D eigenvalue weighted by atomic mass is 79.9. The summed E-state index contributed by atoms with van der Waals surface area (Å²) in [6.07, 6.45) is 1.92. The van der Waals surface area contributed by atoms with Crippen LogP contribution in [0.2, 0.25) is 0 Å². The van der Waals surface area contributed by atoms with Gasteiger partial charge in [0.1, 0.15) is 16.5 Å². The molecule has 184 valence electrons. The third-order valence-electron chi connectivity index (χ3n) is 5.40. The quantitative estimate of drug-likeness (QED) is 0.233. The van der Waals surface area contributed by atoms with Crippen LogP contribution in [0.3, 0.4) is 0 Å². The van der Waals surface area contributed by atoms with E-state index in [1.165, 1.54) is 0 Å². The number of benzene rings is 3. The van der Waals surface area contributed by atoms with Crippen LogP contribution in [0.5, 0.6) is 5.75 Å². The predicted octanol–water partition coefficient (Wildman–Crippen LogP) is 6.32. The first-order valence-electron chi connectivity index (χ1n) is 11.3. The van der Waals surface area contributed by atoms with Crippen molar-refractivity contribution in [1.82, 2.24) is 0 Å². The molecule has 0 saturated heterocycles. The molecule has 1 heterocycles. The fourth-order valence-electron chi connectivity index (χ4n) is 3.54. The van der Waals surface area contributed by atoms with Crippen molar-refractivity contribution in [2.75, 3.05) is 22.1 Å². The molecule has 3 aromatic carbocycles. The zero-order chi connectivity index (χ0) is 25.7. The third-order valence-corrected chi connectivity index (χ3v) is 6.28. The predicted molar refractivity (Wildman–Crippen MR) is 144 cm³/mol. The van der Waals surface area contributed by atoms with Crippen molar-refractivity contribution in [1.29, 1.82) is 0 Å². The average Bonchev–Trinajstić information content (AvgIpc) is 3.09. The number of para-hydroxylation sites is 2. The first kappa shape index (κ1) is 25.5. The maximum atomic E-state index is 13.0. The standard InChI is InChI=1S/C27H23BrClN3O4/c1-2-3-15-36-22-10-5-4-9-21(22)31-25(33)17-7-6-8-19(16-17)30-24-23(29)26(34)32(27(24)35)20-13-11-18(28)12-14-20/h4-14,16,30H,2-3,15H2,1H3,(H,31,33). The van der Waals surface area contributed by atoms with E-state index in [4.69, 9.17) is 16.3 Å². The summed E-state index contributed by atoms with van der Waals surface area (Å²) in [5.41, 5.74) is 1.68. The minimum Gasteiger partial charge on any atom is -0.491 e. The van der Waals surface area contributed by atoms with E-state index in [9.17, 15) is 14.4 Å². The lowest BCUT2D eigenvalue weighted by Crippen LogP contribution is -2.32. The van der Waals surface area contributed by atoms with Gasteiger partial charge >= 0.3 is 0 Å². The molecule has 0 aliphatic carbocycles. The van der Waals surface area contributed by atoms with E-state index >= 15 is 0 Å². The van der Waals surface area contributed by atoms with E-state index in [0.29, 0.717) is 35.0 Å². The largest absolute Gasteiger partial charge is 0.491 e. The van der Waals surface area contributed by atoms with Crippen molar-refractivity contribution in [3.8, 4) is 5.75 Å². The van der Waals surface area contributed by atoms with Gasteiger partial charge in [-0.1, -0.05) is 59.1 Å². The number of rotatable bonds is 9. The van der Waals surface area contributed by atoms with Gasteiger partial charge in [0.2, 0.25) is 0 Å². The Morgan fingerprint density at radius 3 is 2.50 bits per heavy atom. The molecule has 7 nitrogen and oxygen atoms in total. The molecule has 3 amide bonds. The van der Waals surface area contributed by atoms with Crippen LogP contribution in [0.25, 0.3) is 0 Å². The Balaban J connectivity index is 1.50. The number of hydrogen-bond donors (Lipinski definition) is 2. The number of ether oxygens (including phenoxy) is 1. The normalized spacial score (nSPS) is 13.2. The summed E-state index contributed by atoms with van der Waals surface area (Å²) in [4.78, 5) is 39.7. The van der Waals surface area contributed by atoms with E-state index in [-0.39, 0.29) is 16.6 Å². The second-order valence-corrected chi connectivity index (χ2v) is 9.26. The second-order valence-electron chi connectivity index (χ2n) is 7.97. The number of carbonyl (C=O) groups excluding carboxylic acids is 3. The number of imide groups is 1. The zero-order valence-corrected chi connectivity index (χ0v) is 21.7. The maximum Gasteiger partial charge on any atom is 0.283 e. The highest BCUT2D eigenvalue weighted by Gasteiger charge is 2.39. The zero-order valence-electron chi connectivity index (χ0n) is 19.4. The first-order valence-corrected chi connectivity index (χ1v) is 12.5. The van der Waals surface area contributed by atoms with Crippen molar-refractivity contribution >= 4 is 62.3 Å². The highest BCUT2D eigenvalue weighted by Crippen LogP contribution is 2.31. The van der Waals surface area contributed by atoms with Crippen LogP contribution < -0.4 is 20.3 Å². The Labute approximate surface area is 222 Å². The Morgan fingerprint density at radius 2 is 1.75 bits per heavy atom. The van der Waals surface area contributed by atoms with E-state index in [1.807, 2.05) is 12.1 Å². The molecule has 3 aromatic rings. The molecular weight excluding hydrogens is 546 g/mol. The minimum absolute atomic E-state index is 0.0585. The number of anilines is 3. The number of unbranched alkanes of at least 4 members (excludes halogenated alkanes) is 1. The first-order chi connectivity index (χ1) is 17.4. The summed E-state index contributed by atoms with van der Waals surface area (Å²) in [5, 5.41) is 5.55. The summed E-state index contributed by atoms with van der Waals surface area (Å²) in [7, 11) is 0. The number of halogens is 2. The third kappa shape index (κ3) is 5.61. The van der Waals surface area contributed by atoms with E-state index in [0.717, 1.165) is 22.2 Å². The van der Waals surface area contributed by atoms with Gasteiger partial charge in [-0.15, -0.1) is 0 Å². The lowest BCUT2D eigenvalue weighted by Gasteiger charge is -2.15. The summed E-state index contributed by atoms with van der Waals surface area (Å²) in [5.74, 6) is -0.968. The summed E-state index contributed by atoms with van der Waals surface area (Å²) in [6, 6.07) is 20.5. The van der Waals surface area contributed by atoms with E-state index in [1.54, 1.807) is 60.7 Å². The number of carbonyl (C=O) groups is 3. The van der Waals surface area contributed by atoms with Crippen LogP contribution in [-0.4, -0.2) is 24.3 Å². The van der Waals surface area contributed by atoms with Crippen molar-refractivity contribution in [2.24, 2.45) is 0 Å². The Morgan fingerprint density at radius 1 is 1.00 bits per heavy atom. The summed E-state index contributed by atoms with van der Waals surface area (Å²) in [6.45, 7) is 2.64. The lowest BCUT2D eigenvalue weighted by molar-refractivity contribution is -0.120. The fourth-order valence-corrected chi connectivity index (χ4v) is 4.01. The number of nitrogens with zero attached hydrogens (tertiary/aromatic N) is 1. The molecule has 0 spiro atoms. The molecule has 0 atom stereocenters. The van der Waals surface area contributed by atoms with Crippen LogP contribution in [0.4, 0.5) is 17.1 Å².